The van der Waals surface area contributed by atoms with Gasteiger partial charge in [0.1, 0.15) is 10.9 Å². The molecule has 0 bridgehead atoms. The molecule has 0 aromatic heterocycles. The van der Waals surface area contributed by atoms with Crippen LogP contribution in [0, 0.1) is 6.92 Å². The average molecular weight is 300 g/mol. The largest absolute Gasteiger partial charge is 0.318 e. The predicted octanol–water partition coefficient (Wildman–Crippen LogP) is 3.18. The Bertz CT molecular complexity index is 554. The first-order valence-electron chi connectivity index (χ1n) is 7.16. The molecule has 1 aromatic rings. The van der Waals surface area contributed by atoms with Crippen molar-refractivity contribution in [1.29, 1.82) is 0 Å². The molecular formula is C15H26NO3S+. The third kappa shape index (κ3) is 3.05. The molecule has 0 heterocycles. The Labute approximate surface area is 122 Å². The highest BCUT2D eigenvalue weighted by molar-refractivity contribution is 7.85. The first-order valence-corrected chi connectivity index (χ1v) is 8.60. The van der Waals surface area contributed by atoms with E-state index in [2.05, 4.69) is 20.8 Å². The molecule has 5 heteroatoms. The smallest absolute Gasteiger partial charge is 0.295 e. The van der Waals surface area contributed by atoms with Gasteiger partial charge in [0.25, 0.3) is 10.1 Å². The summed E-state index contributed by atoms with van der Waals surface area (Å²) in [6.45, 7) is 13.1. The van der Waals surface area contributed by atoms with Crippen LogP contribution >= 0.6 is 0 Å². The standard InChI is InChI=1S/C15H25NO3S/c1-6-16(7-2,8-3)13(5)15-12(4)10-9-11-14(15)20(17,18)19/h9-11,13H,6-8H2,1-5H3/p+1. The Morgan fingerprint density at radius 3 is 2.05 bits per heavy atom. The molecule has 0 amide bonds. The number of hydrogen-bond acceptors (Lipinski definition) is 2. The minimum absolute atomic E-state index is 0.0214. The molecule has 1 unspecified atom stereocenters. The van der Waals surface area contributed by atoms with Crippen LogP contribution in [-0.2, 0) is 10.1 Å². The molecule has 1 aromatic carbocycles. The van der Waals surface area contributed by atoms with E-state index in [4.69, 9.17) is 0 Å². The van der Waals surface area contributed by atoms with Crippen LogP contribution in [0.3, 0.4) is 0 Å². The van der Waals surface area contributed by atoms with Crippen molar-refractivity contribution >= 4 is 10.1 Å². The molecule has 1 rings (SSSR count). The van der Waals surface area contributed by atoms with Gasteiger partial charge in [-0.05, 0) is 46.2 Å². The summed E-state index contributed by atoms with van der Waals surface area (Å²) in [7, 11) is -4.20. The van der Waals surface area contributed by atoms with Crippen molar-refractivity contribution in [2.75, 3.05) is 19.6 Å². The Morgan fingerprint density at radius 1 is 1.15 bits per heavy atom. The van der Waals surface area contributed by atoms with E-state index in [0.29, 0.717) is 0 Å². The molecule has 0 fully saturated rings. The maximum absolute atomic E-state index is 11.7. The molecule has 0 saturated heterocycles. The second kappa shape index (κ2) is 6.24. The van der Waals surface area contributed by atoms with E-state index in [-0.39, 0.29) is 10.9 Å². The van der Waals surface area contributed by atoms with Gasteiger partial charge in [0.2, 0.25) is 0 Å². The lowest BCUT2D eigenvalue weighted by Gasteiger charge is -2.42. The lowest BCUT2D eigenvalue weighted by Crippen LogP contribution is -2.49. The van der Waals surface area contributed by atoms with Gasteiger partial charge >= 0.3 is 0 Å². The van der Waals surface area contributed by atoms with E-state index >= 15 is 0 Å². The van der Waals surface area contributed by atoms with E-state index in [1.165, 1.54) is 6.07 Å². The van der Waals surface area contributed by atoms with Crippen LogP contribution in [0.15, 0.2) is 23.1 Å². The van der Waals surface area contributed by atoms with Gasteiger partial charge in [-0.25, -0.2) is 0 Å². The fraction of sp³-hybridized carbons (Fsp3) is 0.600. The highest BCUT2D eigenvalue weighted by atomic mass is 32.2. The van der Waals surface area contributed by atoms with Gasteiger partial charge in [-0.15, -0.1) is 0 Å². The zero-order valence-corrected chi connectivity index (χ0v) is 13.9. The van der Waals surface area contributed by atoms with Crippen molar-refractivity contribution in [3.63, 3.8) is 0 Å². The van der Waals surface area contributed by atoms with Gasteiger partial charge in [-0.1, -0.05) is 12.1 Å². The second-order valence-electron chi connectivity index (χ2n) is 5.30. The van der Waals surface area contributed by atoms with Crippen LogP contribution in [0.1, 0.15) is 44.9 Å². The fourth-order valence-electron chi connectivity index (χ4n) is 3.18. The summed E-state index contributed by atoms with van der Waals surface area (Å²) in [6, 6.07) is 5.08. The van der Waals surface area contributed by atoms with Crippen molar-refractivity contribution in [1.82, 2.24) is 0 Å². The summed E-state index contributed by atoms with van der Waals surface area (Å²) in [5.74, 6) is 0. The summed E-state index contributed by atoms with van der Waals surface area (Å²) in [4.78, 5) is 0.0443. The van der Waals surface area contributed by atoms with Crippen molar-refractivity contribution in [3.8, 4) is 0 Å². The molecule has 20 heavy (non-hydrogen) atoms. The van der Waals surface area contributed by atoms with E-state index < -0.39 is 10.1 Å². The maximum atomic E-state index is 11.7. The van der Waals surface area contributed by atoms with Crippen LogP contribution < -0.4 is 0 Å². The Morgan fingerprint density at radius 2 is 1.65 bits per heavy atom. The molecule has 4 nitrogen and oxygen atoms in total. The van der Waals surface area contributed by atoms with E-state index in [1.54, 1.807) is 6.07 Å². The predicted molar refractivity (Wildman–Crippen MR) is 81.3 cm³/mol. The van der Waals surface area contributed by atoms with Crippen LogP contribution in [-0.4, -0.2) is 37.1 Å². The number of rotatable bonds is 6. The summed E-state index contributed by atoms with van der Waals surface area (Å²) in [5, 5.41) is 0. The van der Waals surface area contributed by atoms with Crippen LogP contribution in [0.25, 0.3) is 0 Å². The van der Waals surface area contributed by atoms with Gasteiger partial charge in [0, 0.05) is 5.56 Å². The minimum atomic E-state index is -4.20. The summed E-state index contributed by atoms with van der Waals surface area (Å²) < 4.78 is 33.6. The van der Waals surface area contributed by atoms with Crippen LogP contribution in [0.4, 0.5) is 0 Å². The topological polar surface area (TPSA) is 54.4 Å². The molecule has 0 saturated carbocycles. The number of quaternary nitrogens is 1. The van der Waals surface area contributed by atoms with Crippen molar-refractivity contribution in [3.05, 3.63) is 29.3 Å². The highest BCUT2D eigenvalue weighted by Crippen LogP contribution is 2.34. The molecule has 114 valence electrons. The number of benzene rings is 1. The molecular weight excluding hydrogens is 274 g/mol. The number of hydrogen-bond donors (Lipinski definition) is 1. The SMILES string of the molecule is CC[N+](CC)(CC)C(C)c1c(C)cccc1S(=O)(=O)O. The quantitative estimate of drug-likeness (QED) is 0.648. The number of nitrogens with zero attached hydrogens (tertiary/aromatic N) is 1. The van der Waals surface area contributed by atoms with E-state index in [1.807, 2.05) is 19.9 Å². The third-order valence-corrected chi connectivity index (χ3v) is 5.60. The fourth-order valence-corrected chi connectivity index (χ4v) is 4.04. The third-order valence-electron chi connectivity index (χ3n) is 4.69. The minimum Gasteiger partial charge on any atom is -0.318 e. The lowest BCUT2D eigenvalue weighted by atomic mass is 9.98. The molecule has 1 atom stereocenters. The van der Waals surface area contributed by atoms with Gasteiger partial charge < -0.3 is 4.48 Å². The molecule has 0 aliphatic carbocycles. The van der Waals surface area contributed by atoms with E-state index in [9.17, 15) is 13.0 Å². The van der Waals surface area contributed by atoms with Crippen LogP contribution in [0.2, 0.25) is 0 Å². The molecule has 0 aliphatic heterocycles. The van der Waals surface area contributed by atoms with Gasteiger partial charge in [0.05, 0.1) is 19.6 Å². The van der Waals surface area contributed by atoms with E-state index in [0.717, 1.165) is 35.2 Å². The van der Waals surface area contributed by atoms with Crippen molar-refractivity contribution in [2.45, 2.75) is 45.6 Å². The van der Waals surface area contributed by atoms with Gasteiger partial charge in [0.15, 0.2) is 0 Å². The van der Waals surface area contributed by atoms with Crippen molar-refractivity contribution in [2.24, 2.45) is 0 Å². The van der Waals surface area contributed by atoms with Gasteiger partial charge in [-0.3, -0.25) is 4.55 Å². The molecule has 0 radical (unpaired) electrons. The van der Waals surface area contributed by atoms with Gasteiger partial charge in [-0.2, -0.15) is 8.42 Å². The zero-order chi connectivity index (χ0) is 15.6. The second-order valence-corrected chi connectivity index (χ2v) is 6.69. The lowest BCUT2D eigenvalue weighted by molar-refractivity contribution is -0.951. The molecule has 0 aliphatic rings. The monoisotopic (exact) mass is 300 g/mol. The normalized spacial score (nSPS) is 14.3. The molecule has 0 spiro atoms. The Kier molecular flexibility index (Phi) is 5.35. The maximum Gasteiger partial charge on any atom is 0.295 e. The first-order chi connectivity index (χ1) is 9.23. The number of aryl methyl sites for hydroxylation is 1. The van der Waals surface area contributed by atoms with Crippen LogP contribution in [0.5, 0.6) is 0 Å². The first kappa shape index (κ1) is 17.1. The Hall–Kier alpha value is -0.910. The average Bonchev–Trinajstić information content (AvgIpc) is 2.40. The highest BCUT2D eigenvalue weighted by Gasteiger charge is 2.34. The summed E-state index contributed by atoms with van der Waals surface area (Å²) in [5.41, 5.74) is 1.64. The molecule has 1 N–H and O–H groups in total. The summed E-state index contributed by atoms with van der Waals surface area (Å²) in [6.07, 6.45) is 0. The summed E-state index contributed by atoms with van der Waals surface area (Å²) >= 11 is 0. The Balaban J connectivity index is 3.54. The van der Waals surface area contributed by atoms with Crippen molar-refractivity contribution < 1.29 is 17.5 Å². The zero-order valence-electron chi connectivity index (χ0n) is 13.0.